The van der Waals surface area contributed by atoms with Gasteiger partial charge in [-0.2, -0.15) is 0 Å². The third-order valence-corrected chi connectivity index (χ3v) is 8.78. The van der Waals surface area contributed by atoms with Crippen molar-refractivity contribution in [3.63, 3.8) is 0 Å². The number of fused-ring (bicyclic) bond motifs is 2. The maximum absolute atomic E-state index is 13.1. The van der Waals surface area contributed by atoms with Gasteiger partial charge in [0.2, 0.25) is 11.9 Å². The molecule has 1 amide bonds. The van der Waals surface area contributed by atoms with Gasteiger partial charge in [-0.3, -0.25) is 34.2 Å². The number of carbonyl (C=O) groups excluding carboxylic acids is 4. The summed E-state index contributed by atoms with van der Waals surface area (Å²) in [5, 5.41) is 6.49. The van der Waals surface area contributed by atoms with Crippen LogP contribution in [0, 0.1) is 0 Å². The van der Waals surface area contributed by atoms with Crippen LogP contribution in [0.15, 0.2) is 52.2 Å². The molecular formula is C35H41BrN6O7. The van der Waals surface area contributed by atoms with E-state index in [1.54, 1.807) is 18.5 Å². The first kappa shape index (κ1) is 35.9. The number of Topliss-reactive ketones (excluding diaryl/α,β-unsaturated/α-hetero) is 1. The minimum absolute atomic E-state index is 0.0333. The molecule has 1 unspecified atom stereocenters. The molecule has 2 heterocycles. The molecule has 2 atom stereocenters. The number of hydrogen-bond acceptors (Lipinski definition) is 12. The maximum Gasteiger partial charge on any atom is 0.347 e. The molecule has 0 saturated carbocycles. The monoisotopic (exact) mass is 736 g/mol. The Kier molecular flexibility index (Phi) is 11.6. The molecule has 2 aliphatic rings. The Labute approximate surface area is 293 Å². The van der Waals surface area contributed by atoms with Gasteiger partial charge in [-0.15, -0.1) is 0 Å². The highest BCUT2D eigenvalue weighted by Gasteiger charge is 2.28. The van der Waals surface area contributed by atoms with E-state index in [-0.39, 0.29) is 43.2 Å². The fourth-order valence-electron chi connectivity index (χ4n) is 5.44. The lowest BCUT2D eigenvalue weighted by Gasteiger charge is -2.27. The van der Waals surface area contributed by atoms with Crippen LogP contribution in [0.3, 0.4) is 0 Å². The van der Waals surface area contributed by atoms with Gasteiger partial charge in [0, 0.05) is 55.0 Å². The van der Waals surface area contributed by atoms with Gasteiger partial charge in [-0.25, -0.2) is 4.79 Å². The van der Waals surface area contributed by atoms with Gasteiger partial charge in [0.1, 0.15) is 24.0 Å². The summed E-state index contributed by atoms with van der Waals surface area (Å²) in [4.78, 5) is 65.7. The highest BCUT2D eigenvalue weighted by Crippen LogP contribution is 2.31. The second-order valence-corrected chi connectivity index (χ2v) is 13.7. The maximum atomic E-state index is 13.1. The van der Waals surface area contributed by atoms with E-state index < -0.39 is 24.1 Å². The standard InChI is InChI=1S/C35H41BrN6O7/c1-21(33(46)49-22(19-40-35(2,3)4)20-47-28-10-6-7-23-24(28)8-5-9-27(23)43)48-30(45)14-13-29(44)42-18-17-39-34(42)41-25-11-12-26-32(31(25)36)38-16-15-37-26/h6-7,10-12,15-16,21-22,40H,5,8-9,13-14,17-20H2,1-4H3,(H,39,41)/t21?,22-/m0/s1. The number of rotatable bonds is 12. The summed E-state index contributed by atoms with van der Waals surface area (Å²) in [6, 6.07) is 9.03. The van der Waals surface area contributed by atoms with Crippen LogP contribution >= 0.6 is 15.9 Å². The number of ether oxygens (including phenoxy) is 3. The molecule has 1 aliphatic heterocycles. The number of amides is 1. The predicted molar refractivity (Wildman–Crippen MR) is 187 cm³/mol. The summed E-state index contributed by atoms with van der Waals surface area (Å²) < 4.78 is 17.8. The van der Waals surface area contributed by atoms with E-state index in [1.807, 2.05) is 45.0 Å². The van der Waals surface area contributed by atoms with Crippen molar-refractivity contribution in [3.05, 3.63) is 58.3 Å². The smallest absolute Gasteiger partial charge is 0.347 e. The number of aliphatic imine (C=N–C) groups is 1. The van der Waals surface area contributed by atoms with Gasteiger partial charge in [-0.1, -0.05) is 12.1 Å². The van der Waals surface area contributed by atoms with Crippen LogP contribution in [-0.4, -0.2) is 88.4 Å². The topological polar surface area (TPSA) is 161 Å². The third-order valence-electron chi connectivity index (χ3n) is 7.98. The van der Waals surface area contributed by atoms with Gasteiger partial charge in [0.25, 0.3) is 0 Å². The Hall–Kier alpha value is -4.43. The first-order valence-electron chi connectivity index (χ1n) is 16.3. The zero-order valence-corrected chi connectivity index (χ0v) is 29.7. The Morgan fingerprint density at radius 2 is 1.84 bits per heavy atom. The Morgan fingerprint density at radius 1 is 1.04 bits per heavy atom. The van der Waals surface area contributed by atoms with Crippen LogP contribution in [0.1, 0.15) is 69.3 Å². The lowest BCUT2D eigenvalue weighted by molar-refractivity contribution is -0.171. The average molecular weight is 738 g/mol. The molecule has 3 aromatic rings. The Balaban J connectivity index is 1.12. The van der Waals surface area contributed by atoms with Crippen molar-refractivity contribution in [2.45, 2.75) is 77.5 Å². The Morgan fingerprint density at radius 3 is 2.63 bits per heavy atom. The van der Waals surface area contributed by atoms with E-state index in [0.717, 1.165) is 18.4 Å². The number of nitrogens with one attached hydrogen (secondary N) is 2. The minimum Gasteiger partial charge on any atom is -0.489 e. The molecule has 0 radical (unpaired) electrons. The Bertz CT molecular complexity index is 1760. The fraction of sp³-hybridized carbons (Fsp3) is 0.457. The van der Waals surface area contributed by atoms with E-state index in [4.69, 9.17) is 14.2 Å². The predicted octanol–water partition coefficient (Wildman–Crippen LogP) is 4.61. The van der Waals surface area contributed by atoms with Crippen molar-refractivity contribution in [1.82, 2.24) is 20.2 Å². The molecule has 1 aliphatic carbocycles. The number of nitrogens with zero attached hydrogens (tertiary/aromatic N) is 4. The highest BCUT2D eigenvalue weighted by molar-refractivity contribution is 9.10. The van der Waals surface area contributed by atoms with E-state index in [2.05, 4.69) is 41.5 Å². The van der Waals surface area contributed by atoms with Gasteiger partial charge in [0.05, 0.1) is 28.6 Å². The van der Waals surface area contributed by atoms with Gasteiger partial charge in [0.15, 0.2) is 11.9 Å². The quantitative estimate of drug-likeness (QED) is 0.250. The summed E-state index contributed by atoms with van der Waals surface area (Å²) >= 11 is 3.55. The van der Waals surface area contributed by atoms with Gasteiger partial charge in [-0.05, 0) is 74.7 Å². The van der Waals surface area contributed by atoms with Crippen molar-refractivity contribution in [2.75, 3.05) is 31.6 Å². The van der Waals surface area contributed by atoms with Gasteiger partial charge >= 0.3 is 11.9 Å². The van der Waals surface area contributed by atoms with Gasteiger partial charge < -0.3 is 24.8 Å². The number of benzene rings is 2. The number of hydrogen-bond donors (Lipinski definition) is 2. The first-order chi connectivity index (χ1) is 23.4. The lowest BCUT2D eigenvalue weighted by Crippen LogP contribution is -2.45. The van der Waals surface area contributed by atoms with Crippen LogP contribution in [-0.2, 0) is 30.3 Å². The van der Waals surface area contributed by atoms with Crippen LogP contribution in [0.4, 0.5) is 5.69 Å². The van der Waals surface area contributed by atoms with E-state index in [0.29, 0.717) is 58.0 Å². The zero-order chi connectivity index (χ0) is 35.1. The normalized spacial score (nSPS) is 15.7. The molecule has 0 bridgehead atoms. The number of ketones is 1. The molecule has 14 heteroatoms. The largest absolute Gasteiger partial charge is 0.489 e. The number of guanidine groups is 1. The van der Waals surface area contributed by atoms with E-state index in [9.17, 15) is 19.2 Å². The molecular weight excluding hydrogens is 696 g/mol. The van der Waals surface area contributed by atoms with E-state index in [1.165, 1.54) is 11.8 Å². The lowest BCUT2D eigenvalue weighted by atomic mass is 9.90. The summed E-state index contributed by atoms with van der Waals surface area (Å²) in [6.07, 6.45) is 2.93. The van der Waals surface area contributed by atoms with Crippen LogP contribution in [0.25, 0.3) is 11.0 Å². The summed E-state index contributed by atoms with van der Waals surface area (Å²) in [5.41, 5.74) is 3.32. The minimum atomic E-state index is -1.21. The second-order valence-electron chi connectivity index (χ2n) is 12.9. The molecule has 2 N–H and O–H groups in total. The number of carbonyl (C=O) groups is 4. The summed E-state index contributed by atoms with van der Waals surface area (Å²) in [5.74, 6) is -0.718. The first-order valence-corrected chi connectivity index (χ1v) is 17.1. The molecule has 0 saturated heterocycles. The number of aromatic nitrogens is 2. The SMILES string of the molecule is CC(OC(=O)CCC(=O)N1CCN=C1Nc1ccc2nccnc2c1Br)C(=O)O[C@@H](CNC(C)(C)C)COc1cccc2c1CCCC2=O. The highest BCUT2D eigenvalue weighted by atomic mass is 79.9. The van der Waals surface area contributed by atoms with Crippen molar-refractivity contribution in [2.24, 2.45) is 4.99 Å². The summed E-state index contributed by atoms with van der Waals surface area (Å²) in [6.45, 7) is 8.48. The molecule has 1 aromatic heterocycles. The molecule has 13 nitrogen and oxygen atoms in total. The van der Waals surface area contributed by atoms with E-state index >= 15 is 0 Å². The molecule has 5 rings (SSSR count). The average Bonchev–Trinajstić information content (AvgIpc) is 3.54. The van der Waals surface area contributed by atoms with Crippen molar-refractivity contribution in [3.8, 4) is 5.75 Å². The molecule has 0 fully saturated rings. The molecule has 0 spiro atoms. The fourth-order valence-corrected chi connectivity index (χ4v) is 5.98. The van der Waals surface area contributed by atoms with Crippen molar-refractivity contribution < 1.29 is 33.4 Å². The van der Waals surface area contributed by atoms with Crippen LogP contribution in [0.2, 0.25) is 0 Å². The van der Waals surface area contributed by atoms with Crippen LogP contribution in [0.5, 0.6) is 5.75 Å². The number of halogens is 1. The third kappa shape index (κ3) is 9.38. The number of esters is 2. The second kappa shape index (κ2) is 15.9. The molecule has 260 valence electrons. The number of anilines is 1. The van der Waals surface area contributed by atoms with Crippen LogP contribution < -0.4 is 15.4 Å². The van der Waals surface area contributed by atoms with Crippen molar-refractivity contribution in [1.29, 1.82) is 0 Å². The molecule has 2 aromatic carbocycles. The van der Waals surface area contributed by atoms with Crippen molar-refractivity contribution >= 4 is 62.2 Å². The molecule has 49 heavy (non-hydrogen) atoms. The summed E-state index contributed by atoms with van der Waals surface area (Å²) in [7, 11) is 0. The zero-order valence-electron chi connectivity index (χ0n) is 28.1.